The van der Waals surface area contributed by atoms with E-state index in [-0.39, 0.29) is 0 Å². The third kappa shape index (κ3) is 6.91. The molecule has 1 N–H and O–H groups in total. The number of rotatable bonds is 3. The number of allylic oxidation sites excluding steroid dienone is 5. The van der Waals surface area contributed by atoms with E-state index in [0.717, 1.165) is 18.3 Å². The van der Waals surface area contributed by atoms with Gasteiger partial charge in [0.15, 0.2) is 0 Å². The Morgan fingerprint density at radius 2 is 1.82 bits per heavy atom. The molecular weight excluding hydrogens is 136 g/mol. The van der Waals surface area contributed by atoms with Gasteiger partial charge in [0, 0.05) is 0 Å². The van der Waals surface area contributed by atoms with Gasteiger partial charge in [-0.05, 0) is 33.3 Å². The highest BCUT2D eigenvalue weighted by Crippen LogP contribution is 1.99. The van der Waals surface area contributed by atoms with E-state index in [1.807, 2.05) is 6.92 Å². The van der Waals surface area contributed by atoms with Crippen LogP contribution >= 0.6 is 0 Å². The molecule has 0 saturated heterocycles. The van der Waals surface area contributed by atoms with Gasteiger partial charge >= 0.3 is 0 Å². The quantitative estimate of drug-likeness (QED) is 0.373. The van der Waals surface area contributed by atoms with Gasteiger partial charge in [0.25, 0.3) is 0 Å². The van der Waals surface area contributed by atoms with Gasteiger partial charge in [0.2, 0.25) is 0 Å². The molecule has 0 aliphatic heterocycles. The molecule has 0 rings (SSSR count). The fraction of sp³-hybridized carbons (Fsp3) is 0.400. The Bertz CT molecular complexity index is 181. The second-order valence-corrected chi connectivity index (χ2v) is 2.78. The molecule has 0 saturated carbocycles. The number of hydrogen-bond donors (Lipinski definition) is 1. The van der Waals surface area contributed by atoms with Crippen LogP contribution < -0.4 is 0 Å². The van der Waals surface area contributed by atoms with Gasteiger partial charge in [-0.2, -0.15) is 0 Å². The molecule has 0 aliphatic rings. The van der Waals surface area contributed by atoms with Crippen LogP contribution in [0, 0.1) is 0 Å². The second-order valence-electron chi connectivity index (χ2n) is 2.78. The lowest BCUT2D eigenvalue weighted by Crippen LogP contribution is -1.69. The van der Waals surface area contributed by atoms with Crippen LogP contribution in [0.1, 0.15) is 27.2 Å². The molecule has 0 unspecified atom stereocenters. The van der Waals surface area contributed by atoms with Crippen molar-refractivity contribution < 1.29 is 5.11 Å². The van der Waals surface area contributed by atoms with Gasteiger partial charge in [-0.25, -0.2) is 0 Å². The van der Waals surface area contributed by atoms with E-state index in [4.69, 9.17) is 5.11 Å². The Kier molecular flexibility index (Phi) is 5.26. The minimum absolute atomic E-state index is 0.943. The molecule has 0 aromatic rings. The predicted octanol–water partition coefficient (Wildman–Crippen LogP) is 3.36. The van der Waals surface area contributed by atoms with E-state index < -0.39 is 0 Å². The van der Waals surface area contributed by atoms with Crippen molar-refractivity contribution in [2.24, 2.45) is 0 Å². The highest BCUT2D eigenvalue weighted by molar-refractivity contribution is 5.15. The van der Waals surface area contributed by atoms with Crippen LogP contribution in [-0.4, -0.2) is 5.11 Å². The first kappa shape index (κ1) is 10.0. The minimum atomic E-state index is 0.943. The van der Waals surface area contributed by atoms with Crippen molar-refractivity contribution in [3.8, 4) is 0 Å². The first-order valence-corrected chi connectivity index (χ1v) is 3.77. The Balaban J connectivity index is 3.83. The summed E-state index contributed by atoms with van der Waals surface area (Å²) in [6.07, 6.45) is 7.90. The standard InChI is InChI=1S/C10H16O/c1-9(2)5-4-6-10(3)7-8-11/h5-8,11H,4H2,1-3H3. The van der Waals surface area contributed by atoms with Gasteiger partial charge in [-0.3, -0.25) is 0 Å². The molecule has 62 valence electrons. The fourth-order valence-electron chi connectivity index (χ4n) is 0.666. The van der Waals surface area contributed by atoms with Crippen molar-refractivity contribution in [1.29, 1.82) is 0 Å². The van der Waals surface area contributed by atoms with Crippen LogP contribution in [0.4, 0.5) is 0 Å². The molecule has 0 bridgehead atoms. The summed E-state index contributed by atoms with van der Waals surface area (Å²) in [6.45, 7) is 6.11. The largest absolute Gasteiger partial charge is 0.516 e. The molecule has 0 spiro atoms. The first-order valence-electron chi connectivity index (χ1n) is 3.77. The monoisotopic (exact) mass is 152 g/mol. The van der Waals surface area contributed by atoms with Crippen molar-refractivity contribution in [1.82, 2.24) is 0 Å². The Morgan fingerprint density at radius 3 is 2.27 bits per heavy atom. The highest BCUT2D eigenvalue weighted by atomic mass is 16.2. The second kappa shape index (κ2) is 5.78. The first-order chi connectivity index (χ1) is 5.16. The smallest absolute Gasteiger partial charge is 0.0794 e. The molecule has 0 radical (unpaired) electrons. The van der Waals surface area contributed by atoms with Crippen molar-refractivity contribution >= 4 is 0 Å². The van der Waals surface area contributed by atoms with Crippen molar-refractivity contribution in [2.75, 3.05) is 0 Å². The zero-order chi connectivity index (χ0) is 8.69. The Labute approximate surface area is 68.7 Å². The third-order valence-electron chi connectivity index (χ3n) is 1.30. The zero-order valence-electron chi connectivity index (χ0n) is 7.46. The summed E-state index contributed by atoms with van der Waals surface area (Å²) in [5.41, 5.74) is 2.41. The summed E-state index contributed by atoms with van der Waals surface area (Å²) >= 11 is 0. The van der Waals surface area contributed by atoms with Crippen LogP contribution in [0.3, 0.4) is 0 Å². The molecule has 0 heterocycles. The van der Waals surface area contributed by atoms with Gasteiger partial charge in [0.05, 0.1) is 6.26 Å². The van der Waals surface area contributed by atoms with Gasteiger partial charge in [-0.15, -0.1) is 0 Å². The fourth-order valence-corrected chi connectivity index (χ4v) is 0.666. The summed E-state index contributed by atoms with van der Waals surface area (Å²) in [5.74, 6) is 0. The molecular formula is C10H16O. The van der Waals surface area contributed by atoms with Crippen molar-refractivity contribution in [2.45, 2.75) is 27.2 Å². The number of aliphatic hydroxyl groups is 1. The van der Waals surface area contributed by atoms with Gasteiger partial charge in [-0.1, -0.05) is 23.3 Å². The third-order valence-corrected chi connectivity index (χ3v) is 1.30. The van der Waals surface area contributed by atoms with E-state index >= 15 is 0 Å². The summed E-state index contributed by atoms with van der Waals surface area (Å²) < 4.78 is 0. The molecule has 11 heavy (non-hydrogen) atoms. The molecule has 0 amide bonds. The van der Waals surface area contributed by atoms with Crippen LogP contribution in [-0.2, 0) is 0 Å². The van der Waals surface area contributed by atoms with Crippen molar-refractivity contribution in [3.63, 3.8) is 0 Å². The van der Waals surface area contributed by atoms with E-state index in [0.29, 0.717) is 0 Å². The summed E-state index contributed by atoms with van der Waals surface area (Å²) in [5, 5.41) is 8.41. The summed E-state index contributed by atoms with van der Waals surface area (Å²) in [4.78, 5) is 0. The topological polar surface area (TPSA) is 20.2 Å². The average molecular weight is 152 g/mol. The minimum Gasteiger partial charge on any atom is -0.516 e. The maximum Gasteiger partial charge on any atom is 0.0794 e. The Hall–Kier alpha value is -0.980. The molecule has 0 atom stereocenters. The van der Waals surface area contributed by atoms with Crippen molar-refractivity contribution in [3.05, 3.63) is 35.6 Å². The average Bonchev–Trinajstić information content (AvgIpc) is 1.87. The lowest BCUT2D eigenvalue weighted by atomic mass is 10.2. The van der Waals surface area contributed by atoms with E-state index in [1.165, 1.54) is 5.57 Å². The molecule has 0 fully saturated rings. The lowest BCUT2D eigenvalue weighted by Gasteiger charge is -1.89. The van der Waals surface area contributed by atoms with Gasteiger partial charge in [0.1, 0.15) is 0 Å². The highest BCUT2D eigenvalue weighted by Gasteiger charge is 1.79. The Morgan fingerprint density at radius 1 is 1.18 bits per heavy atom. The van der Waals surface area contributed by atoms with Crippen LogP contribution in [0.2, 0.25) is 0 Å². The number of aliphatic hydroxyl groups excluding tert-OH is 1. The summed E-state index contributed by atoms with van der Waals surface area (Å²) in [6, 6.07) is 0. The molecule has 0 aromatic heterocycles. The summed E-state index contributed by atoms with van der Waals surface area (Å²) in [7, 11) is 0. The van der Waals surface area contributed by atoms with Crippen LogP contribution in [0.15, 0.2) is 35.6 Å². The van der Waals surface area contributed by atoms with Crippen LogP contribution in [0.5, 0.6) is 0 Å². The lowest BCUT2D eigenvalue weighted by molar-refractivity contribution is 0.473. The molecule has 0 aliphatic carbocycles. The van der Waals surface area contributed by atoms with E-state index in [2.05, 4.69) is 26.0 Å². The van der Waals surface area contributed by atoms with Crippen LogP contribution in [0.25, 0.3) is 0 Å². The van der Waals surface area contributed by atoms with E-state index in [9.17, 15) is 0 Å². The maximum atomic E-state index is 8.41. The predicted molar refractivity (Wildman–Crippen MR) is 49.6 cm³/mol. The zero-order valence-corrected chi connectivity index (χ0v) is 7.46. The molecule has 1 heteroatoms. The van der Waals surface area contributed by atoms with E-state index in [1.54, 1.807) is 6.08 Å². The van der Waals surface area contributed by atoms with Gasteiger partial charge < -0.3 is 5.11 Å². The SMILES string of the molecule is CC(C)=CCC=C(C)C=CO. The molecule has 1 nitrogen and oxygen atoms in total. The maximum absolute atomic E-state index is 8.41. The number of hydrogen-bond acceptors (Lipinski definition) is 1. The normalized spacial score (nSPS) is 12.1. The molecule has 0 aromatic carbocycles.